The number of hydrogen-bond acceptors (Lipinski definition) is 2. The lowest BCUT2D eigenvalue weighted by Gasteiger charge is -2.50. The average molecular weight is 321 g/mol. The smallest absolute Gasteiger partial charge is 0.306 e. The van der Waals surface area contributed by atoms with Crippen LogP contribution in [0.4, 0.5) is 0 Å². The summed E-state index contributed by atoms with van der Waals surface area (Å²) >= 11 is 0. The highest BCUT2D eigenvalue weighted by Gasteiger charge is 2.44. The largest absolute Gasteiger partial charge is 0.481 e. The van der Waals surface area contributed by atoms with E-state index in [2.05, 4.69) is 11.8 Å². The highest BCUT2D eigenvalue weighted by Crippen LogP contribution is 2.47. The Hall–Kier alpha value is -1.06. The number of hydrogen-bond donors (Lipinski definition) is 1. The van der Waals surface area contributed by atoms with E-state index in [1.165, 1.54) is 32.1 Å². The van der Waals surface area contributed by atoms with Crippen molar-refractivity contribution in [1.29, 1.82) is 0 Å². The first-order chi connectivity index (χ1) is 11.0. The molecule has 3 atom stereocenters. The van der Waals surface area contributed by atoms with Crippen LogP contribution >= 0.6 is 0 Å². The van der Waals surface area contributed by atoms with Crippen LogP contribution in [0.5, 0.6) is 0 Å². The van der Waals surface area contributed by atoms with Crippen LogP contribution in [-0.4, -0.2) is 35.0 Å². The minimum Gasteiger partial charge on any atom is -0.481 e. The van der Waals surface area contributed by atoms with Crippen LogP contribution in [0.25, 0.3) is 0 Å². The highest BCUT2D eigenvalue weighted by molar-refractivity contribution is 5.80. The van der Waals surface area contributed by atoms with Crippen LogP contribution in [0, 0.1) is 23.2 Å². The molecule has 1 N–H and O–H groups in total. The first-order valence-corrected chi connectivity index (χ1v) is 9.53. The lowest BCUT2D eigenvalue weighted by atomic mass is 9.63. The van der Waals surface area contributed by atoms with Gasteiger partial charge in [0.2, 0.25) is 5.91 Å². The van der Waals surface area contributed by atoms with Gasteiger partial charge in [-0.15, -0.1) is 0 Å². The summed E-state index contributed by atoms with van der Waals surface area (Å²) in [7, 11) is 0. The van der Waals surface area contributed by atoms with E-state index in [1.807, 2.05) is 0 Å². The normalized spacial score (nSPS) is 34.3. The molecule has 0 aromatic carbocycles. The van der Waals surface area contributed by atoms with Crippen molar-refractivity contribution in [2.45, 2.75) is 71.1 Å². The third-order valence-electron chi connectivity index (χ3n) is 6.92. The van der Waals surface area contributed by atoms with Crippen molar-refractivity contribution in [2.24, 2.45) is 23.2 Å². The lowest BCUT2D eigenvalue weighted by molar-refractivity contribution is -0.147. The molecule has 0 bridgehead atoms. The maximum absolute atomic E-state index is 13.0. The van der Waals surface area contributed by atoms with Crippen molar-refractivity contribution in [2.75, 3.05) is 13.1 Å². The fraction of sp³-hybridized carbons (Fsp3) is 0.895. The predicted octanol–water partition coefficient (Wildman–Crippen LogP) is 3.70. The maximum atomic E-state index is 13.0. The summed E-state index contributed by atoms with van der Waals surface area (Å²) in [5.41, 5.74) is 0.340. The second-order valence-electron chi connectivity index (χ2n) is 8.27. The van der Waals surface area contributed by atoms with Gasteiger partial charge in [0.15, 0.2) is 0 Å². The molecule has 1 amide bonds. The van der Waals surface area contributed by atoms with Crippen molar-refractivity contribution in [3.8, 4) is 0 Å². The molecule has 3 unspecified atom stereocenters. The molecule has 0 radical (unpaired) electrons. The van der Waals surface area contributed by atoms with E-state index in [1.54, 1.807) is 0 Å². The summed E-state index contributed by atoms with van der Waals surface area (Å²) in [4.78, 5) is 26.3. The third-order valence-corrected chi connectivity index (χ3v) is 6.92. The van der Waals surface area contributed by atoms with Gasteiger partial charge in [0.25, 0.3) is 0 Å². The second kappa shape index (κ2) is 6.82. The Balaban J connectivity index is 1.66. The number of likely N-dealkylation sites (tertiary alicyclic amines) is 1. The van der Waals surface area contributed by atoms with Crippen LogP contribution < -0.4 is 0 Å². The molecule has 0 aromatic rings. The summed E-state index contributed by atoms with van der Waals surface area (Å²) in [5.74, 6) is -0.139. The Labute approximate surface area is 139 Å². The summed E-state index contributed by atoms with van der Waals surface area (Å²) in [6.07, 6.45) is 10.6. The minimum absolute atomic E-state index is 0.0566. The zero-order chi connectivity index (χ0) is 16.4. The van der Waals surface area contributed by atoms with Crippen LogP contribution in [0.2, 0.25) is 0 Å². The van der Waals surface area contributed by atoms with Gasteiger partial charge < -0.3 is 10.0 Å². The van der Waals surface area contributed by atoms with E-state index in [4.69, 9.17) is 0 Å². The van der Waals surface area contributed by atoms with Gasteiger partial charge in [0.1, 0.15) is 0 Å². The Morgan fingerprint density at radius 1 is 1.00 bits per heavy atom. The molecule has 3 rings (SSSR count). The molecule has 1 saturated heterocycles. The number of carbonyl (C=O) groups is 2. The summed E-state index contributed by atoms with van der Waals surface area (Å²) in [6.45, 7) is 4.16. The number of carbonyl (C=O) groups excluding carboxylic acids is 1. The topological polar surface area (TPSA) is 57.6 Å². The number of amides is 1. The number of nitrogens with zero attached hydrogens (tertiary/aromatic N) is 1. The predicted molar refractivity (Wildman–Crippen MR) is 89.0 cm³/mol. The van der Waals surface area contributed by atoms with Gasteiger partial charge in [-0.2, -0.15) is 0 Å². The molecule has 1 heterocycles. The molecular formula is C19H31NO3. The summed E-state index contributed by atoms with van der Waals surface area (Å²) < 4.78 is 0. The van der Waals surface area contributed by atoms with E-state index in [-0.39, 0.29) is 17.7 Å². The first kappa shape index (κ1) is 16.8. The molecule has 3 fully saturated rings. The highest BCUT2D eigenvalue weighted by atomic mass is 16.4. The van der Waals surface area contributed by atoms with Crippen LogP contribution in [0.3, 0.4) is 0 Å². The summed E-state index contributed by atoms with van der Waals surface area (Å²) in [6, 6.07) is 0. The molecule has 23 heavy (non-hydrogen) atoms. The number of aliphatic carboxylic acids is 1. The number of rotatable bonds is 2. The molecule has 0 aromatic heterocycles. The van der Waals surface area contributed by atoms with Crippen LogP contribution in [0.15, 0.2) is 0 Å². The van der Waals surface area contributed by atoms with Crippen LogP contribution in [0.1, 0.15) is 71.1 Å². The number of carboxylic acids is 1. The zero-order valence-electron chi connectivity index (χ0n) is 14.4. The van der Waals surface area contributed by atoms with E-state index in [9.17, 15) is 14.7 Å². The van der Waals surface area contributed by atoms with Crippen molar-refractivity contribution in [3.05, 3.63) is 0 Å². The minimum atomic E-state index is -0.724. The van der Waals surface area contributed by atoms with E-state index < -0.39 is 5.97 Å². The van der Waals surface area contributed by atoms with Gasteiger partial charge in [0, 0.05) is 19.0 Å². The molecule has 1 spiro atoms. The number of carboxylic acid groups (broad SMARTS) is 1. The molecule has 2 aliphatic carbocycles. The Morgan fingerprint density at radius 2 is 1.70 bits per heavy atom. The van der Waals surface area contributed by atoms with Crippen molar-refractivity contribution in [1.82, 2.24) is 4.90 Å². The lowest BCUT2D eigenvalue weighted by Crippen LogP contribution is -2.52. The fourth-order valence-electron chi connectivity index (χ4n) is 5.26. The molecular weight excluding hydrogens is 290 g/mol. The van der Waals surface area contributed by atoms with Gasteiger partial charge in [0.05, 0.1) is 5.92 Å². The number of piperidine rings is 1. The first-order valence-electron chi connectivity index (χ1n) is 9.53. The summed E-state index contributed by atoms with van der Waals surface area (Å²) in [5, 5.41) is 9.26. The van der Waals surface area contributed by atoms with E-state index in [0.29, 0.717) is 17.8 Å². The van der Waals surface area contributed by atoms with Gasteiger partial charge >= 0.3 is 5.97 Å². The Kier molecular flexibility index (Phi) is 4.98. The van der Waals surface area contributed by atoms with Crippen molar-refractivity contribution in [3.63, 3.8) is 0 Å². The average Bonchev–Trinajstić information content (AvgIpc) is 2.58. The zero-order valence-corrected chi connectivity index (χ0v) is 14.4. The SMILES string of the molecule is CC1CCN(C(=O)C2CCCC(C(=O)O)C2)CC12CCCCC2. The van der Waals surface area contributed by atoms with Gasteiger partial charge in [-0.3, -0.25) is 9.59 Å². The maximum Gasteiger partial charge on any atom is 0.306 e. The van der Waals surface area contributed by atoms with Crippen LogP contribution in [-0.2, 0) is 9.59 Å². The second-order valence-corrected chi connectivity index (χ2v) is 8.27. The van der Waals surface area contributed by atoms with E-state index >= 15 is 0 Å². The fourth-order valence-corrected chi connectivity index (χ4v) is 5.26. The monoisotopic (exact) mass is 321 g/mol. The Bertz CT molecular complexity index is 456. The van der Waals surface area contributed by atoms with Gasteiger partial charge in [-0.25, -0.2) is 0 Å². The quantitative estimate of drug-likeness (QED) is 0.843. The standard InChI is InChI=1S/C19H31NO3/c1-14-8-11-20(13-19(14)9-3-2-4-10-19)17(21)15-6-5-7-16(12-15)18(22)23/h14-16H,2-13H2,1H3,(H,22,23). The van der Waals surface area contributed by atoms with Crippen molar-refractivity contribution >= 4 is 11.9 Å². The molecule has 1 aliphatic heterocycles. The molecule has 130 valence electrons. The van der Waals surface area contributed by atoms with Crippen molar-refractivity contribution < 1.29 is 14.7 Å². The molecule has 4 heteroatoms. The third kappa shape index (κ3) is 3.41. The van der Waals surface area contributed by atoms with Gasteiger partial charge in [-0.05, 0) is 49.9 Å². The Morgan fingerprint density at radius 3 is 2.39 bits per heavy atom. The van der Waals surface area contributed by atoms with Gasteiger partial charge in [-0.1, -0.05) is 32.6 Å². The molecule has 4 nitrogen and oxygen atoms in total. The molecule has 3 aliphatic rings. The van der Waals surface area contributed by atoms with E-state index in [0.717, 1.165) is 38.8 Å². The molecule has 2 saturated carbocycles.